The van der Waals surface area contributed by atoms with Crippen molar-refractivity contribution in [3.63, 3.8) is 0 Å². The molecule has 5 heteroatoms. The Hall–Kier alpha value is -2.81. The van der Waals surface area contributed by atoms with Crippen molar-refractivity contribution in [2.75, 3.05) is 26.3 Å². The van der Waals surface area contributed by atoms with Crippen LogP contribution in [0.15, 0.2) is 48.5 Å². The molecule has 0 bridgehead atoms. The van der Waals surface area contributed by atoms with E-state index in [1.807, 2.05) is 36.4 Å². The molecule has 0 saturated carbocycles. The van der Waals surface area contributed by atoms with Crippen LogP contribution in [0.2, 0.25) is 0 Å². The molecule has 0 radical (unpaired) electrons. The predicted molar refractivity (Wildman–Crippen MR) is 99.8 cm³/mol. The highest BCUT2D eigenvalue weighted by molar-refractivity contribution is 5.64. The van der Waals surface area contributed by atoms with Crippen LogP contribution in [0.25, 0.3) is 0 Å². The molecule has 0 atom stereocenters. The van der Waals surface area contributed by atoms with Gasteiger partial charge in [-0.2, -0.15) is 0 Å². The smallest absolute Gasteiger partial charge is 0.404 e. The van der Waals surface area contributed by atoms with Crippen LogP contribution < -0.4 is 5.32 Å². The minimum absolute atomic E-state index is 0.299. The summed E-state index contributed by atoms with van der Waals surface area (Å²) in [5.41, 5.74) is 4.08. The molecular formula is C21H22N2O3. The van der Waals surface area contributed by atoms with Gasteiger partial charge in [0.1, 0.15) is 0 Å². The first-order valence-electron chi connectivity index (χ1n) is 8.66. The largest absolute Gasteiger partial charge is 0.465 e. The Balaban J connectivity index is 1.56. The Labute approximate surface area is 153 Å². The number of amides is 1. The van der Waals surface area contributed by atoms with Crippen LogP contribution in [0.1, 0.15) is 22.3 Å². The highest BCUT2D eigenvalue weighted by Gasteiger charge is 2.10. The van der Waals surface area contributed by atoms with E-state index in [4.69, 9.17) is 9.84 Å². The minimum atomic E-state index is -1.02. The maximum atomic E-state index is 10.5. The Morgan fingerprint density at radius 1 is 0.962 bits per heavy atom. The Bertz CT molecular complexity index is 783. The number of nitrogens with one attached hydrogen (secondary N) is 1. The van der Waals surface area contributed by atoms with Crippen LogP contribution >= 0.6 is 0 Å². The maximum Gasteiger partial charge on any atom is 0.404 e. The van der Waals surface area contributed by atoms with Gasteiger partial charge in [-0.1, -0.05) is 36.1 Å². The van der Waals surface area contributed by atoms with Crippen molar-refractivity contribution < 1.29 is 14.6 Å². The summed E-state index contributed by atoms with van der Waals surface area (Å²) < 4.78 is 5.37. The zero-order chi connectivity index (χ0) is 18.2. The van der Waals surface area contributed by atoms with Gasteiger partial charge in [-0.25, -0.2) is 4.79 Å². The van der Waals surface area contributed by atoms with Gasteiger partial charge in [0, 0.05) is 37.3 Å². The Morgan fingerprint density at radius 3 is 2.04 bits per heavy atom. The van der Waals surface area contributed by atoms with Gasteiger partial charge in [-0.3, -0.25) is 4.90 Å². The van der Waals surface area contributed by atoms with Crippen molar-refractivity contribution in [3.05, 3.63) is 70.8 Å². The van der Waals surface area contributed by atoms with E-state index in [-0.39, 0.29) is 0 Å². The second-order valence-electron chi connectivity index (χ2n) is 6.19. The number of ether oxygens (including phenoxy) is 1. The minimum Gasteiger partial charge on any atom is -0.465 e. The molecule has 2 aromatic rings. The van der Waals surface area contributed by atoms with Crippen LogP contribution in [0.4, 0.5) is 4.79 Å². The lowest BCUT2D eigenvalue weighted by Gasteiger charge is -2.26. The SMILES string of the molecule is O=C(O)NCc1ccc(C#Cc2ccc(CN3CCOCC3)cc2)cc1. The molecule has 2 N–H and O–H groups in total. The normalized spacial score (nSPS) is 14.3. The lowest BCUT2D eigenvalue weighted by atomic mass is 10.1. The fourth-order valence-electron chi connectivity index (χ4n) is 2.74. The molecular weight excluding hydrogens is 328 g/mol. The van der Waals surface area contributed by atoms with Crippen molar-refractivity contribution in [1.29, 1.82) is 0 Å². The third-order valence-corrected chi connectivity index (χ3v) is 4.21. The molecule has 1 saturated heterocycles. The van der Waals surface area contributed by atoms with E-state index >= 15 is 0 Å². The number of nitrogens with zero attached hydrogens (tertiary/aromatic N) is 1. The topological polar surface area (TPSA) is 61.8 Å². The summed E-state index contributed by atoms with van der Waals surface area (Å²) >= 11 is 0. The average molecular weight is 350 g/mol. The summed E-state index contributed by atoms with van der Waals surface area (Å²) in [4.78, 5) is 12.9. The molecule has 1 aliphatic rings. The monoisotopic (exact) mass is 350 g/mol. The number of morpholine rings is 1. The first kappa shape index (κ1) is 18.0. The lowest BCUT2D eigenvalue weighted by Crippen LogP contribution is -2.35. The fraction of sp³-hybridized carbons (Fsp3) is 0.286. The molecule has 1 amide bonds. The summed E-state index contributed by atoms with van der Waals surface area (Å²) in [6, 6.07) is 15.9. The first-order chi connectivity index (χ1) is 12.7. The van der Waals surface area contributed by atoms with Crippen molar-refractivity contribution >= 4 is 6.09 Å². The molecule has 1 heterocycles. The third-order valence-electron chi connectivity index (χ3n) is 4.21. The predicted octanol–water partition coefficient (Wildman–Crippen LogP) is 2.69. The van der Waals surface area contributed by atoms with Crippen LogP contribution in [-0.2, 0) is 17.8 Å². The quantitative estimate of drug-likeness (QED) is 0.833. The average Bonchev–Trinajstić information content (AvgIpc) is 2.67. The zero-order valence-corrected chi connectivity index (χ0v) is 14.6. The lowest BCUT2D eigenvalue weighted by molar-refractivity contribution is 0.0342. The van der Waals surface area contributed by atoms with Crippen molar-refractivity contribution in [2.24, 2.45) is 0 Å². The van der Waals surface area contributed by atoms with Gasteiger partial charge in [0.25, 0.3) is 0 Å². The molecule has 0 unspecified atom stereocenters. The molecule has 2 aromatic carbocycles. The molecule has 0 spiro atoms. The van der Waals surface area contributed by atoms with Gasteiger partial charge < -0.3 is 15.2 Å². The molecule has 1 fully saturated rings. The van der Waals surface area contributed by atoms with Gasteiger partial charge in [0.2, 0.25) is 0 Å². The van der Waals surface area contributed by atoms with Crippen LogP contribution in [0, 0.1) is 11.8 Å². The van der Waals surface area contributed by atoms with Gasteiger partial charge in [0.05, 0.1) is 13.2 Å². The number of hydrogen-bond acceptors (Lipinski definition) is 3. The van der Waals surface area contributed by atoms with E-state index in [2.05, 4.69) is 34.2 Å². The number of hydrogen-bond donors (Lipinski definition) is 2. The van der Waals surface area contributed by atoms with E-state index in [1.165, 1.54) is 5.56 Å². The molecule has 134 valence electrons. The van der Waals surface area contributed by atoms with E-state index in [0.29, 0.717) is 6.54 Å². The molecule has 3 rings (SSSR count). The van der Waals surface area contributed by atoms with Crippen LogP contribution in [0.3, 0.4) is 0 Å². The molecule has 5 nitrogen and oxygen atoms in total. The first-order valence-corrected chi connectivity index (χ1v) is 8.66. The summed E-state index contributed by atoms with van der Waals surface area (Å²) in [7, 11) is 0. The molecule has 1 aliphatic heterocycles. The van der Waals surface area contributed by atoms with Gasteiger partial charge >= 0.3 is 6.09 Å². The van der Waals surface area contributed by atoms with Crippen molar-refractivity contribution in [1.82, 2.24) is 10.2 Å². The molecule has 26 heavy (non-hydrogen) atoms. The van der Waals surface area contributed by atoms with E-state index < -0.39 is 6.09 Å². The Kier molecular flexibility index (Phi) is 6.26. The van der Waals surface area contributed by atoms with E-state index in [9.17, 15) is 4.79 Å². The van der Waals surface area contributed by atoms with Gasteiger partial charge in [-0.15, -0.1) is 0 Å². The summed E-state index contributed by atoms with van der Waals surface area (Å²) in [6.45, 7) is 4.85. The van der Waals surface area contributed by atoms with Crippen LogP contribution in [0.5, 0.6) is 0 Å². The standard InChI is InChI=1S/C21H22N2O3/c24-21(25)22-15-19-7-3-17(4-8-19)1-2-18-5-9-20(10-6-18)16-23-11-13-26-14-12-23/h3-10,22H,11-16H2,(H,24,25). The Morgan fingerprint density at radius 2 is 1.50 bits per heavy atom. The number of benzene rings is 2. The second-order valence-corrected chi connectivity index (χ2v) is 6.19. The number of carbonyl (C=O) groups is 1. The third kappa shape index (κ3) is 5.62. The van der Waals surface area contributed by atoms with E-state index in [1.54, 1.807) is 0 Å². The van der Waals surface area contributed by atoms with Gasteiger partial charge in [-0.05, 0) is 35.4 Å². The maximum absolute atomic E-state index is 10.5. The van der Waals surface area contributed by atoms with Crippen molar-refractivity contribution in [2.45, 2.75) is 13.1 Å². The summed E-state index contributed by atoms with van der Waals surface area (Å²) in [5.74, 6) is 6.31. The van der Waals surface area contributed by atoms with E-state index in [0.717, 1.165) is 49.5 Å². The summed E-state index contributed by atoms with van der Waals surface area (Å²) in [6.07, 6.45) is -1.02. The highest BCUT2D eigenvalue weighted by atomic mass is 16.5. The van der Waals surface area contributed by atoms with Gasteiger partial charge in [0.15, 0.2) is 0 Å². The summed E-state index contributed by atoms with van der Waals surface area (Å²) in [5, 5.41) is 11.0. The fourth-order valence-corrected chi connectivity index (χ4v) is 2.74. The van der Waals surface area contributed by atoms with Crippen LogP contribution in [-0.4, -0.2) is 42.4 Å². The molecule has 0 aromatic heterocycles. The number of carboxylic acid groups (broad SMARTS) is 1. The molecule has 0 aliphatic carbocycles. The second kappa shape index (κ2) is 9.04. The van der Waals surface area contributed by atoms with Crippen molar-refractivity contribution in [3.8, 4) is 11.8 Å². The zero-order valence-electron chi connectivity index (χ0n) is 14.6. The highest BCUT2D eigenvalue weighted by Crippen LogP contribution is 2.09. The number of rotatable bonds is 4.